The average molecular weight is 258 g/mol. The molecular formula is C6H10O3S4. The van der Waals surface area contributed by atoms with Crippen LogP contribution in [0.3, 0.4) is 0 Å². The molecule has 0 amide bonds. The Morgan fingerprint density at radius 2 is 1.23 bits per heavy atom. The second-order valence-electron chi connectivity index (χ2n) is 2.22. The first-order chi connectivity index (χ1) is 5.91. The van der Waals surface area contributed by atoms with Gasteiger partial charge < -0.3 is 4.74 Å². The first-order valence-electron chi connectivity index (χ1n) is 3.37. The third-order valence-electron chi connectivity index (χ3n) is 0.926. The fourth-order valence-corrected chi connectivity index (χ4v) is 1.10. The summed E-state index contributed by atoms with van der Waals surface area (Å²) in [5.41, 5.74) is 0. The second-order valence-corrected chi connectivity index (χ2v) is 5.52. The van der Waals surface area contributed by atoms with Gasteiger partial charge in [-0.05, 0) is 0 Å². The van der Waals surface area contributed by atoms with Gasteiger partial charge in [-0.15, -0.1) is 0 Å². The fraction of sp³-hybridized carbons (Fsp3) is 0.667. The quantitative estimate of drug-likeness (QED) is 0.265. The van der Waals surface area contributed by atoms with Crippen LogP contribution in [0.1, 0.15) is 12.8 Å². The van der Waals surface area contributed by atoms with Crippen molar-refractivity contribution in [3.05, 3.63) is 0 Å². The lowest BCUT2D eigenvalue weighted by Gasteiger charge is -2.04. The lowest BCUT2D eigenvalue weighted by Crippen LogP contribution is -2.15. The monoisotopic (exact) mass is 258 g/mol. The highest BCUT2D eigenvalue weighted by atomic mass is 32.2. The van der Waals surface area contributed by atoms with Crippen LogP contribution in [0.25, 0.3) is 0 Å². The number of hydrogen-bond acceptors (Lipinski definition) is 7. The van der Waals surface area contributed by atoms with Crippen molar-refractivity contribution < 1.29 is 14.3 Å². The first kappa shape index (κ1) is 13.5. The smallest absolute Gasteiger partial charge is 0.315 e. The van der Waals surface area contributed by atoms with Gasteiger partial charge in [-0.2, -0.15) is 50.5 Å². The number of carbonyl (C=O) groups excluding carboxylic acids is 2. The number of thiol groups is 4. The van der Waals surface area contributed by atoms with Crippen molar-refractivity contribution in [1.29, 1.82) is 0 Å². The summed E-state index contributed by atoms with van der Waals surface area (Å²) >= 11 is 15.4. The Morgan fingerprint density at radius 3 is 1.46 bits per heavy atom. The normalized spacial score (nSPS) is 10.6. The second kappa shape index (κ2) is 6.92. The molecular weight excluding hydrogens is 248 g/mol. The standard InChI is InChI=1S/C6H10O3S4/c7-3(1-5(10)11)9-4(8)2-6(12)13/h5-6,10-13H,1-2H2. The van der Waals surface area contributed by atoms with Gasteiger partial charge in [0.15, 0.2) is 0 Å². The minimum absolute atomic E-state index is 0.0121. The van der Waals surface area contributed by atoms with Crippen molar-refractivity contribution in [1.82, 2.24) is 0 Å². The maximum atomic E-state index is 10.9. The molecule has 0 rings (SSSR count). The molecule has 0 saturated carbocycles. The van der Waals surface area contributed by atoms with E-state index in [2.05, 4.69) is 55.3 Å². The van der Waals surface area contributed by atoms with Gasteiger partial charge in [0.05, 0.1) is 22.0 Å². The maximum Gasteiger partial charge on any atom is 0.315 e. The molecule has 0 N–H and O–H groups in total. The van der Waals surface area contributed by atoms with E-state index < -0.39 is 21.1 Å². The summed E-state index contributed by atoms with van der Waals surface area (Å²) < 4.78 is 3.57. The lowest BCUT2D eigenvalue weighted by molar-refractivity contribution is -0.159. The predicted octanol–water partition coefficient (Wildman–Crippen LogP) is 1.21. The molecule has 13 heavy (non-hydrogen) atoms. The number of ether oxygens (including phenoxy) is 1. The highest BCUT2D eigenvalue weighted by Gasteiger charge is 2.14. The van der Waals surface area contributed by atoms with Crippen LogP contribution >= 0.6 is 50.5 Å². The van der Waals surface area contributed by atoms with Crippen LogP contribution in [0.4, 0.5) is 0 Å². The minimum atomic E-state index is -0.637. The van der Waals surface area contributed by atoms with Gasteiger partial charge in [-0.1, -0.05) is 0 Å². The highest BCUT2D eigenvalue weighted by Crippen LogP contribution is 2.09. The van der Waals surface area contributed by atoms with Crippen molar-refractivity contribution in [2.24, 2.45) is 0 Å². The van der Waals surface area contributed by atoms with Crippen LogP contribution in [0.15, 0.2) is 0 Å². The van der Waals surface area contributed by atoms with E-state index in [1.165, 1.54) is 0 Å². The van der Waals surface area contributed by atoms with E-state index in [-0.39, 0.29) is 12.8 Å². The number of rotatable bonds is 4. The molecule has 0 aromatic heterocycles. The molecule has 0 aliphatic heterocycles. The summed E-state index contributed by atoms with van der Waals surface area (Å²) in [6.45, 7) is 0. The van der Waals surface area contributed by atoms with E-state index in [1.54, 1.807) is 0 Å². The van der Waals surface area contributed by atoms with E-state index >= 15 is 0 Å². The van der Waals surface area contributed by atoms with Crippen LogP contribution in [0, 0.1) is 0 Å². The van der Waals surface area contributed by atoms with E-state index in [0.29, 0.717) is 0 Å². The van der Waals surface area contributed by atoms with Gasteiger partial charge in [-0.3, -0.25) is 9.59 Å². The maximum absolute atomic E-state index is 10.9. The Morgan fingerprint density at radius 1 is 0.923 bits per heavy atom. The van der Waals surface area contributed by atoms with Gasteiger partial charge >= 0.3 is 11.9 Å². The number of hydrogen-bond donors (Lipinski definition) is 4. The third-order valence-corrected chi connectivity index (χ3v) is 1.66. The van der Waals surface area contributed by atoms with Crippen molar-refractivity contribution in [3.8, 4) is 0 Å². The zero-order chi connectivity index (χ0) is 10.4. The summed E-state index contributed by atoms with van der Waals surface area (Å²) in [5.74, 6) is -1.27. The summed E-state index contributed by atoms with van der Waals surface area (Å²) in [6.07, 6.45) is -0.0243. The summed E-state index contributed by atoms with van der Waals surface area (Å²) in [7, 11) is 0. The van der Waals surface area contributed by atoms with Gasteiger partial charge in [0, 0.05) is 0 Å². The molecule has 3 nitrogen and oxygen atoms in total. The largest absolute Gasteiger partial charge is 0.393 e. The minimum Gasteiger partial charge on any atom is -0.393 e. The molecule has 0 spiro atoms. The number of carbonyl (C=O) groups is 2. The number of esters is 2. The van der Waals surface area contributed by atoms with E-state index in [0.717, 1.165) is 0 Å². The Labute approximate surface area is 98.6 Å². The molecule has 0 fully saturated rings. The molecule has 7 heteroatoms. The van der Waals surface area contributed by atoms with Crippen molar-refractivity contribution >= 4 is 62.5 Å². The Balaban J connectivity index is 3.72. The van der Waals surface area contributed by atoms with Crippen LogP contribution < -0.4 is 0 Å². The van der Waals surface area contributed by atoms with Crippen molar-refractivity contribution in [2.45, 2.75) is 22.0 Å². The molecule has 76 valence electrons. The molecule has 0 atom stereocenters. The first-order valence-corrected chi connectivity index (χ1v) is 5.44. The molecule has 0 aliphatic rings. The van der Waals surface area contributed by atoms with Crippen molar-refractivity contribution in [3.63, 3.8) is 0 Å². The van der Waals surface area contributed by atoms with Gasteiger partial charge in [-0.25, -0.2) is 0 Å². The van der Waals surface area contributed by atoms with Crippen molar-refractivity contribution in [2.75, 3.05) is 0 Å². The Kier molecular flexibility index (Phi) is 7.20. The Hall–Kier alpha value is 0.540. The van der Waals surface area contributed by atoms with E-state index in [1.807, 2.05) is 0 Å². The zero-order valence-corrected chi connectivity index (χ0v) is 10.2. The molecule has 0 unspecified atom stereocenters. The zero-order valence-electron chi connectivity index (χ0n) is 6.58. The fourth-order valence-electron chi connectivity index (χ4n) is 0.508. The van der Waals surface area contributed by atoms with Crippen LogP contribution in [0.2, 0.25) is 0 Å². The van der Waals surface area contributed by atoms with Crippen LogP contribution in [-0.4, -0.2) is 21.1 Å². The van der Waals surface area contributed by atoms with Crippen LogP contribution in [0.5, 0.6) is 0 Å². The molecule has 0 aromatic carbocycles. The van der Waals surface area contributed by atoms with Crippen LogP contribution in [-0.2, 0) is 14.3 Å². The van der Waals surface area contributed by atoms with Gasteiger partial charge in [0.2, 0.25) is 0 Å². The third kappa shape index (κ3) is 8.86. The molecule has 0 aromatic rings. The molecule has 0 heterocycles. The molecule has 0 bridgehead atoms. The Bertz CT molecular complexity index is 172. The summed E-state index contributed by atoms with van der Waals surface area (Å²) in [6, 6.07) is 0. The highest BCUT2D eigenvalue weighted by molar-refractivity contribution is 7.99. The summed E-state index contributed by atoms with van der Waals surface area (Å²) in [5, 5.41) is 0. The molecule has 0 aliphatic carbocycles. The van der Waals surface area contributed by atoms with E-state index in [9.17, 15) is 9.59 Å². The summed E-state index contributed by atoms with van der Waals surface area (Å²) in [4.78, 5) is 21.7. The van der Waals surface area contributed by atoms with Gasteiger partial charge in [0.1, 0.15) is 0 Å². The lowest BCUT2D eigenvalue weighted by atomic mass is 10.4. The molecule has 0 radical (unpaired) electrons. The molecule has 0 saturated heterocycles. The topological polar surface area (TPSA) is 43.4 Å². The van der Waals surface area contributed by atoms with E-state index in [4.69, 9.17) is 0 Å². The predicted molar refractivity (Wildman–Crippen MR) is 63.9 cm³/mol. The SMILES string of the molecule is O=C(CC(S)S)OC(=O)CC(S)S. The van der Waals surface area contributed by atoms with Gasteiger partial charge in [0.25, 0.3) is 0 Å². The average Bonchev–Trinajstić information content (AvgIpc) is 1.80.